The van der Waals surface area contributed by atoms with E-state index in [1.807, 2.05) is 0 Å². The number of hydrogen-bond donors (Lipinski definition) is 1. The van der Waals surface area contributed by atoms with Gasteiger partial charge >= 0.3 is 5.97 Å². The molecule has 0 fully saturated rings. The van der Waals surface area contributed by atoms with Crippen molar-refractivity contribution < 1.29 is 19.7 Å². The van der Waals surface area contributed by atoms with Crippen LogP contribution >= 0.6 is 0 Å². The molecule has 0 aromatic carbocycles. The summed E-state index contributed by atoms with van der Waals surface area (Å²) in [4.78, 5) is 13.7. The van der Waals surface area contributed by atoms with Gasteiger partial charge in [0.05, 0.1) is 13.0 Å². The normalized spacial score (nSPS) is 9.64. The van der Waals surface area contributed by atoms with Crippen molar-refractivity contribution in [3.05, 3.63) is 0 Å². The second-order valence-corrected chi connectivity index (χ2v) is 2.18. The van der Waals surface area contributed by atoms with Crippen molar-refractivity contribution in [2.45, 2.75) is 26.2 Å². The molecule has 11 heavy (non-hydrogen) atoms. The smallest absolute Gasteiger partial charge is 0.344 e. The van der Waals surface area contributed by atoms with Crippen molar-refractivity contribution in [1.82, 2.24) is 0 Å². The molecule has 0 aliphatic heterocycles. The van der Waals surface area contributed by atoms with Crippen LogP contribution in [0.3, 0.4) is 0 Å². The maximum atomic E-state index is 10.3. The Hall–Kier alpha value is -0.610. The molecule has 0 aromatic heterocycles. The Morgan fingerprint density at radius 3 is 2.73 bits per heavy atom. The quantitative estimate of drug-likeness (QED) is 0.362. The van der Waals surface area contributed by atoms with Crippen LogP contribution < -0.4 is 0 Å². The van der Waals surface area contributed by atoms with E-state index >= 15 is 0 Å². The van der Waals surface area contributed by atoms with Gasteiger partial charge in [-0.2, -0.15) is 5.26 Å². The lowest BCUT2D eigenvalue weighted by atomic mass is 10.4. The highest BCUT2D eigenvalue weighted by atomic mass is 17.1. The molecule has 0 aromatic rings. The van der Waals surface area contributed by atoms with Crippen LogP contribution in [0.4, 0.5) is 0 Å². The van der Waals surface area contributed by atoms with Crippen LogP contribution in [0.1, 0.15) is 26.2 Å². The van der Waals surface area contributed by atoms with E-state index in [0.29, 0.717) is 13.2 Å². The Morgan fingerprint density at radius 2 is 2.18 bits per heavy atom. The molecule has 0 unspecified atom stereocenters. The molecule has 0 saturated heterocycles. The van der Waals surface area contributed by atoms with Gasteiger partial charge in [-0.15, -0.1) is 0 Å². The lowest BCUT2D eigenvalue weighted by Crippen LogP contribution is -2.06. The number of carbonyl (C=O) groups excluding carboxylic acids is 1. The van der Waals surface area contributed by atoms with Gasteiger partial charge in [0.15, 0.2) is 0 Å². The summed E-state index contributed by atoms with van der Waals surface area (Å²) in [7, 11) is 0. The molecule has 0 radical (unpaired) electrons. The van der Waals surface area contributed by atoms with E-state index in [9.17, 15) is 4.79 Å². The predicted molar refractivity (Wildman–Crippen MR) is 39.1 cm³/mol. The third kappa shape index (κ3) is 7.29. The van der Waals surface area contributed by atoms with Gasteiger partial charge in [0, 0.05) is 6.61 Å². The van der Waals surface area contributed by atoms with Crippen LogP contribution in [0.5, 0.6) is 0 Å². The fourth-order valence-corrected chi connectivity index (χ4v) is 0.550. The molecule has 1 N–H and O–H groups in total. The number of unbranched alkanes of at least 4 members (excludes halogenated alkanes) is 1. The van der Waals surface area contributed by atoms with Crippen LogP contribution in [0.2, 0.25) is 0 Å². The fourth-order valence-electron chi connectivity index (χ4n) is 0.550. The Labute approximate surface area is 66.0 Å². The minimum absolute atomic E-state index is 0.111. The molecule has 4 nitrogen and oxygen atoms in total. The molecular weight excluding hydrogens is 148 g/mol. The van der Waals surface area contributed by atoms with E-state index in [0.717, 1.165) is 12.8 Å². The van der Waals surface area contributed by atoms with Gasteiger partial charge in [0.2, 0.25) is 0 Å². The minimum Gasteiger partial charge on any atom is -0.381 e. The van der Waals surface area contributed by atoms with Crippen LogP contribution in [0.15, 0.2) is 0 Å². The van der Waals surface area contributed by atoms with Crippen LogP contribution in [0, 0.1) is 0 Å². The summed E-state index contributed by atoms with van der Waals surface area (Å²) >= 11 is 0. The van der Waals surface area contributed by atoms with E-state index in [2.05, 4.69) is 11.8 Å². The highest BCUT2D eigenvalue weighted by Crippen LogP contribution is 1.90. The van der Waals surface area contributed by atoms with E-state index in [1.165, 1.54) is 0 Å². The van der Waals surface area contributed by atoms with E-state index < -0.39 is 5.97 Å². The second-order valence-electron chi connectivity index (χ2n) is 2.18. The van der Waals surface area contributed by atoms with Crippen LogP contribution in [-0.2, 0) is 14.4 Å². The molecule has 0 spiro atoms. The van der Waals surface area contributed by atoms with Gasteiger partial charge in [0.1, 0.15) is 0 Å². The van der Waals surface area contributed by atoms with E-state index in [4.69, 9.17) is 9.99 Å². The number of rotatable bonds is 6. The Kier molecular flexibility index (Phi) is 7.08. The maximum absolute atomic E-state index is 10.3. The van der Waals surface area contributed by atoms with Crippen molar-refractivity contribution in [2.75, 3.05) is 13.2 Å². The van der Waals surface area contributed by atoms with E-state index in [-0.39, 0.29) is 6.42 Å². The summed E-state index contributed by atoms with van der Waals surface area (Å²) in [6.45, 7) is 3.04. The first-order valence-corrected chi connectivity index (χ1v) is 3.73. The molecule has 0 atom stereocenters. The average molecular weight is 162 g/mol. The summed E-state index contributed by atoms with van der Waals surface area (Å²) in [5, 5.41) is 7.83. The molecule has 0 heterocycles. The van der Waals surface area contributed by atoms with Crippen LogP contribution in [0.25, 0.3) is 0 Å². The molecule has 4 heteroatoms. The summed E-state index contributed by atoms with van der Waals surface area (Å²) in [6.07, 6.45) is 2.18. The molecule has 0 aliphatic carbocycles. The molecule has 0 amide bonds. The number of ether oxygens (including phenoxy) is 1. The first kappa shape index (κ1) is 10.4. The van der Waals surface area contributed by atoms with Crippen LogP contribution in [-0.4, -0.2) is 24.4 Å². The highest BCUT2D eigenvalue weighted by Gasteiger charge is 1.99. The van der Waals surface area contributed by atoms with Gasteiger partial charge in [-0.05, 0) is 6.42 Å². The summed E-state index contributed by atoms with van der Waals surface area (Å²) in [5.74, 6) is -0.651. The fraction of sp³-hybridized carbons (Fsp3) is 0.857. The SMILES string of the molecule is CCCCOCCC(=O)OO. The third-order valence-electron chi connectivity index (χ3n) is 1.19. The summed E-state index contributed by atoms with van der Waals surface area (Å²) in [5.41, 5.74) is 0. The maximum Gasteiger partial charge on any atom is 0.344 e. The van der Waals surface area contributed by atoms with Crippen molar-refractivity contribution in [3.8, 4) is 0 Å². The zero-order chi connectivity index (χ0) is 8.53. The average Bonchev–Trinajstić information content (AvgIpc) is 2.04. The number of carbonyl (C=O) groups is 1. The highest BCUT2D eigenvalue weighted by molar-refractivity contribution is 5.68. The standard InChI is InChI=1S/C7H14O4/c1-2-3-5-10-6-4-7(8)11-9/h9H,2-6H2,1H3. The minimum atomic E-state index is -0.651. The first-order chi connectivity index (χ1) is 5.31. The topological polar surface area (TPSA) is 55.8 Å². The first-order valence-electron chi connectivity index (χ1n) is 3.73. The van der Waals surface area contributed by atoms with Crippen molar-refractivity contribution in [3.63, 3.8) is 0 Å². The Morgan fingerprint density at radius 1 is 1.45 bits per heavy atom. The Balaban J connectivity index is 2.95. The molecule has 0 aliphatic rings. The van der Waals surface area contributed by atoms with Gasteiger partial charge in [-0.25, -0.2) is 4.79 Å². The summed E-state index contributed by atoms with van der Waals surface area (Å²) in [6, 6.07) is 0. The van der Waals surface area contributed by atoms with Crippen molar-refractivity contribution in [2.24, 2.45) is 0 Å². The van der Waals surface area contributed by atoms with Gasteiger partial charge in [-0.1, -0.05) is 13.3 Å². The van der Waals surface area contributed by atoms with Gasteiger partial charge in [-0.3, -0.25) is 0 Å². The zero-order valence-electron chi connectivity index (χ0n) is 6.71. The van der Waals surface area contributed by atoms with E-state index in [1.54, 1.807) is 0 Å². The second kappa shape index (κ2) is 7.50. The lowest BCUT2D eigenvalue weighted by Gasteiger charge is -1.99. The Bertz CT molecular complexity index is 103. The van der Waals surface area contributed by atoms with Gasteiger partial charge in [0.25, 0.3) is 0 Å². The molecule has 0 bridgehead atoms. The number of hydrogen-bond acceptors (Lipinski definition) is 4. The molecule has 66 valence electrons. The molecule has 0 saturated carbocycles. The predicted octanol–water partition coefficient (Wildman–Crippen LogP) is 1.21. The molecular formula is C7H14O4. The van der Waals surface area contributed by atoms with Gasteiger partial charge < -0.3 is 9.62 Å². The lowest BCUT2D eigenvalue weighted by molar-refractivity contribution is -0.235. The van der Waals surface area contributed by atoms with Crippen molar-refractivity contribution in [1.29, 1.82) is 0 Å². The molecule has 0 rings (SSSR count). The monoisotopic (exact) mass is 162 g/mol. The zero-order valence-corrected chi connectivity index (χ0v) is 6.71. The largest absolute Gasteiger partial charge is 0.381 e. The third-order valence-corrected chi connectivity index (χ3v) is 1.19. The van der Waals surface area contributed by atoms with Crippen molar-refractivity contribution >= 4 is 5.97 Å². The summed E-state index contributed by atoms with van der Waals surface area (Å²) < 4.78 is 5.03.